The van der Waals surface area contributed by atoms with Crippen LogP contribution in [0, 0.1) is 0 Å². The van der Waals surface area contributed by atoms with Crippen molar-refractivity contribution in [2.24, 2.45) is 4.99 Å². The van der Waals surface area contributed by atoms with Crippen molar-refractivity contribution in [3.8, 4) is 0 Å². The van der Waals surface area contributed by atoms with E-state index in [2.05, 4.69) is 39.2 Å². The highest BCUT2D eigenvalue weighted by atomic mass is 32.2. The smallest absolute Gasteiger partial charge is 0.163 e. The lowest BCUT2D eigenvalue weighted by Crippen LogP contribution is -2.40. The molecule has 2 N–H and O–H groups in total. The predicted molar refractivity (Wildman–Crippen MR) is 95.8 cm³/mol. The van der Waals surface area contributed by atoms with Crippen LogP contribution in [0.5, 0.6) is 0 Å². The fourth-order valence-electron chi connectivity index (χ4n) is 2.70. The lowest BCUT2D eigenvalue weighted by molar-refractivity contribution is 0.243. The SMILES string of the molecule is CCN(CC)CC1(c2cn[nH]c2)CSC(Nc2ccccn2)=N1. The number of aromatic amines is 1. The molecule has 2 aromatic rings. The summed E-state index contributed by atoms with van der Waals surface area (Å²) in [6.07, 6.45) is 5.62. The van der Waals surface area contributed by atoms with Gasteiger partial charge in [0.15, 0.2) is 5.17 Å². The van der Waals surface area contributed by atoms with Gasteiger partial charge in [-0.3, -0.25) is 5.10 Å². The number of hydrogen-bond acceptors (Lipinski definition) is 6. The second-order valence-electron chi connectivity index (χ2n) is 5.53. The number of amidine groups is 1. The second-order valence-corrected chi connectivity index (χ2v) is 6.49. The number of hydrogen-bond donors (Lipinski definition) is 2. The van der Waals surface area contributed by atoms with Gasteiger partial charge in [0, 0.05) is 30.3 Å². The summed E-state index contributed by atoms with van der Waals surface area (Å²) in [6.45, 7) is 7.29. The molecule has 0 aliphatic carbocycles. The Hall–Kier alpha value is -1.86. The summed E-state index contributed by atoms with van der Waals surface area (Å²) in [7, 11) is 0. The van der Waals surface area contributed by atoms with E-state index in [1.165, 1.54) is 0 Å². The number of aromatic nitrogens is 3. The van der Waals surface area contributed by atoms with Crippen molar-refractivity contribution < 1.29 is 0 Å². The van der Waals surface area contributed by atoms with E-state index >= 15 is 0 Å². The zero-order chi connectivity index (χ0) is 16.1. The van der Waals surface area contributed by atoms with E-state index in [-0.39, 0.29) is 5.54 Å². The lowest BCUT2D eigenvalue weighted by Gasteiger charge is -2.30. The number of pyridine rings is 1. The fourth-order valence-corrected chi connectivity index (χ4v) is 3.81. The van der Waals surface area contributed by atoms with Gasteiger partial charge in [0.2, 0.25) is 0 Å². The Bertz CT molecular complexity index is 638. The Morgan fingerprint density at radius 1 is 1.35 bits per heavy atom. The van der Waals surface area contributed by atoms with Gasteiger partial charge in [0.1, 0.15) is 11.4 Å². The van der Waals surface area contributed by atoms with E-state index < -0.39 is 0 Å². The van der Waals surface area contributed by atoms with Crippen molar-refractivity contribution in [3.05, 3.63) is 42.4 Å². The Morgan fingerprint density at radius 3 is 2.87 bits per heavy atom. The molecule has 1 atom stereocenters. The molecule has 1 aliphatic heterocycles. The first-order chi connectivity index (χ1) is 11.3. The summed E-state index contributed by atoms with van der Waals surface area (Å²) in [4.78, 5) is 11.7. The van der Waals surface area contributed by atoms with E-state index in [9.17, 15) is 0 Å². The molecule has 23 heavy (non-hydrogen) atoms. The van der Waals surface area contributed by atoms with Crippen LogP contribution in [0.1, 0.15) is 19.4 Å². The molecular weight excluding hydrogens is 308 g/mol. The number of rotatable bonds is 6. The van der Waals surface area contributed by atoms with E-state index in [1.807, 2.05) is 30.6 Å². The van der Waals surface area contributed by atoms with Crippen molar-refractivity contribution in [2.75, 3.05) is 30.7 Å². The van der Waals surface area contributed by atoms with Crippen molar-refractivity contribution in [3.63, 3.8) is 0 Å². The molecule has 0 saturated heterocycles. The van der Waals surface area contributed by atoms with Gasteiger partial charge in [-0.2, -0.15) is 5.10 Å². The first-order valence-electron chi connectivity index (χ1n) is 7.88. The molecule has 6 nitrogen and oxygen atoms in total. The quantitative estimate of drug-likeness (QED) is 0.852. The maximum absolute atomic E-state index is 5.02. The van der Waals surface area contributed by atoms with Gasteiger partial charge in [0.25, 0.3) is 0 Å². The number of aliphatic imine (C=N–C) groups is 1. The van der Waals surface area contributed by atoms with E-state index in [4.69, 9.17) is 4.99 Å². The molecule has 0 spiro atoms. The lowest BCUT2D eigenvalue weighted by atomic mass is 9.95. The molecular formula is C16H22N6S. The van der Waals surface area contributed by atoms with Gasteiger partial charge in [0.05, 0.1) is 6.20 Å². The summed E-state index contributed by atoms with van der Waals surface area (Å²) < 4.78 is 0. The van der Waals surface area contributed by atoms with Gasteiger partial charge in [-0.25, -0.2) is 9.98 Å². The molecule has 3 rings (SSSR count). The first-order valence-corrected chi connectivity index (χ1v) is 8.86. The predicted octanol–water partition coefficient (Wildman–Crippen LogP) is 2.56. The minimum atomic E-state index is -0.263. The van der Waals surface area contributed by atoms with Gasteiger partial charge in [-0.1, -0.05) is 31.7 Å². The molecule has 0 fully saturated rings. The van der Waals surface area contributed by atoms with Crippen LogP contribution in [0.15, 0.2) is 41.8 Å². The normalized spacial score (nSPS) is 20.7. The summed E-state index contributed by atoms with van der Waals surface area (Å²) >= 11 is 1.74. The number of H-pyrrole nitrogens is 1. The van der Waals surface area contributed by atoms with Crippen LogP contribution < -0.4 is 5.32 Å². The molecule has 1 aliphatic rings. The fraction of sp³-hybridized carbons (Fsp3) is 0.438. The molecule has 1 unspecified atom stereocenters. The number of anilines is 1. The zero-order valence-corrected chi connectivity index (χ0v) is 14.3. The molecule has 0 radical (unpaired) electrons. The molecule has 122 valence electrons. The van der Waals surface area contributed by atoms with Crippen molar-refractivity contribution in [1.82, 2.24) is 20.1 Å². The van der Waals surface area contributed by atoms with Crippen LogP contribution in [0.2, 0.25) is 0 Å². The molecule has 0 aromatic carbocycles. The van der Waals surface area contributed by atoms with Crippen LogP contribution >= 0.6 is 11.8 Å². The highest BCUT2D eigenvalue weighted by Crippen LogP contribution is 2.37. The Balaban J connectivity index is 1.85. The Labute approximate surface area is 140 Å². The minimum absolute atomic E-state index is 0.263. The highest BCUT2D eigenvalue weighted by molar-refractivity contribution is 8.14. The van der Waals surface area contributed by atoms with Crippen LogP contribution in [0.3, 0.4) is 0 Å². The van der Waals surface area contributed by atoms with Crippen LogP contribution in [0.4, 0.5) is 5.82 Å². The van der Waals surface area contributed by atoms with E-state index in [0.29, 0.717) is 0 Å². The Kier molecular flexibility index (Phi) is 4.97. The van der Waals surface area contributed by atoms with Crippen LogP contribution in [-0.2, 0) is 5.54 Å². The minimum Gasteiger partial charge on any atom is -0.320 e. The summed E-state index contributed by atoms with van der Waals surface area (Å²) in [6, 6.07) is 5.82. The third-order valence-corrected chi connectivity index (χ3v) is 5.17. The highest BCUT2D eigenvalue weighted by Gasteiger charge is 2.39. The first kappa shape index (κ1) is 16.0. The number of thioether (sulfide) groups is 1. The maximum atomic E-state index is 5.02. The molecule has 7 heteroatoms. The number of nitrogens with one attached hydrogen (secondary N) is 2. The molecule has 0 amide bonds. The van der Waals surface area contributed by atoms with Gasteiger partial charge < -0.3 is 10.2 Å². The average Bonchev–Trinajstić information content (AvgIpc) is 3.24. The topological polar surface area (TPSA) is 69.2 Å². The van der Waals surface area contributed by atoms with Crippen molar-refractivity contribution >= 4 is 22.7 Å². The van der Waals surface area contributed by atoms with E-state index in [1.54, 1.807) is 18.0 Å². The Morgan fingerprint density at radius 2 is 2.22 bits per heavy atom. The molecule has 3 heterocycles. The molecule has 0 bridgehead atoms. The van der Waals surface area contributed by atoms with Crippen LogP contribution in [-0.4, -0.2) is 50.6 Å². The van der Waals surface area contributed by atoms with Crippen LogP contribution in [0.25, 0.3) is 0 Å². The summed E-state index contributed by atoms with van der Waals surface area (Å²) in [5, 5.41) is 11.3. The van der Waals surface area contributed by atoms with Gasteiger partial charge in [-0.15, -0.1) is 0 Å². The van der Waals surface area contributed by atoms with Gasteiger partial charge >= 0.3 is 0 Å². The third kappa shape index (κ3) is 3.56. The number of likely N-dealkylation sites (N-methyl/N-ethyl adjacent to an activating group) is 1. The largest absolute Gasteiger partial charge is 0.320 e. The molecule has 2 aromatic heterocycles. The third-order valence-electron chi connectivity index (χ3n) is 4.08. The van der Waals surface area contributed by atoms with Crippen molar-refractivity contribution in [2.45, 2.75) is 19.4 Å². The zero-order valence-electron chi connectivity index (χ0n) is 13.5. The van der Waals surface area contributed by atoms with E-state index in [0.717, 1.165) is 41.9 Å². The average molecular weight is 330 g/mol. The van der Waals surface area contributed by atoms with Crippen molar-refractivity contribution in [1.29, 1.82) is 0 Å². The molecule has 0 saturated carbocycles. The standard InChI is InChI=1S/C16H22N6S/c1-3-22(4-2)11-16(13-9-18-19-10-13)12-23-15(21-16)20-14-7-5-6-8-17-14/h5-10H,3-4,11-12H2,1-2H3,(H,18,19)(H,17,20,21). The summed E-state index contributed by atoms with van der Waals surface area (Å²) in [5.41, 5.74) is 0.871. The monoisotopic (exact) mass is 330 g/mol. The maximum Gasteiger partial charge on any atom is 0.163 e. The second kappa shape index (κ2) is 7.14. The number of nitrogens with zero attached hydrogens (tertiary/aromatic N) is 4. The van der Waals surface area contributed by atoms with Gasteiger partial charge in [-0.05, 0) is 25.2 Å². The summed E-state index contributed by atoms with van der Waals surface area (Å²) in [5.74, 6) is 1.72.